The highest BCUT2D eigenvalue weighted by Crippen LogP contribution is 2.28. The Kier molecular flexibility index (Phi) is 3.75. The fraction of sp³-hybridized carbons (Fsp3) is 0.600. The topological polar surface area (TPSA) is 141 Å². The van der Waals surface area contributed by atoms with Crippen LogP contribution in [-0.2, 0) is 9.84 Å². The third-order valence-corrected chi connectivity index (χ3v) is 4.87. The maximum atomic E-state index is 11.4. The van der Waals surface area contributed by atoms with E-state index in [-0.39, 0.29) is 40.7 Å². The van der Waals surface area contributed by atoms with E-state index in [0.29, 0.717) is 12.8 Å². The van der Waals surface area contributed by atoms with E-state index < -0.39 is 14.8 Å². The van der Waals surface area contributed by atoms with E-state index in [9.17, 15) is 18.5 Å². The van der Waals surface area contributed by atoms with Crippen LogP contribution in [0, 0.1) is 17.0 Å². The van der Waals surface area contributed by atoms with Crippen LogP contribution in [0.4, 0.5) is 17.5 Å². The van der Waals surface area contributed by atoms with Gasteiger partial charge in [0.25, 0.3) is 0 Å². The van der Waals surface area contributed by atoms with Gasteiger partial charge in [0, 0.05) is 6.04 Å². The van der Waals surface area contributed by atoms with Crippen LogP contribution in [0.1, 0.15) is 18.5 Å². The van der Waals surface area contributed by atoms with Crippen molar-refractivity contribution < 1.29 is 13.3 Å². The lowest BCUT2D eigenvalue weighted by Crippen LogP contribution is -2.32. The van der Waals surface area contributed by atoms with Crippen LogP contribution in [0.15, 0.2) is 0 Å². The summed E-state index contributed by atoms with van der Waals surface area (Å²) in [6.07, 6.45) is 0.783. The summed E-state index contributed by atoms with van der Waals surface area (Å²) in [6, 6.07) is -0.175. The van der Waals surface area contributed by atoms with E-state index in [1.807, 2.05) is 0 Å². The van der Waals surface area contributed by atoms with Crippen molar-refractivity contribution in [3.63, 3.8) is 0 Å². The minimum atomic E-state index is -2.98. The van der Waals surface area contributed by atoms with Crippen molar-refractivity contribution in [3.8, 4) is 0 Å². The summed E-state index contributed by atoms with van der Waals surface area (Å²) in [5.41, 5.74) is 5.44. The maximum Gasteiger partial charge on any atom is 0.332 e. The van der Waals surface area contributed by atoms with Crippen LogP contribution in [0.3, 0.4) is 0 Å². The molecule has 110 valence electrons. The van der Waals surface area contributed by atoms with Crippen LogP contribution in [0.5, 0.6) is 0 Å². The highest BCUT2D eigenvalue weighted by atomic mass is 32.2. The van der Waals surface area contributed by atoms with E-state index >= 15 is 0 Å². The molecular formula is C10H15N5O4S. The van der Waals surface area contributed by atoms with Gasteiger partial charge in [-0.1, -0.05) is 0 Å². The number of sulfone groups is 1. The van der Waals surface area contributed by atoms with Gasteiger partial charge in [0.05, 0.1) is 16.4 Å². The van der Waals surface area contributed by atoms with Gasteiger partial charge in [-0.25, -0.2) is 13.4 Å². The van der Waals surface area contributed by atoms with Gasteiger partial charge in [0.1, 0.15) is 15.5 Å². The normalized spacial score (nSPS) is 18.6. The van der Waals surface area contributed by atoms with E-state index in [4.69, 9.17) is 5.73 Å². The fourth-order valence-corrected chi connectivity index (χ4v) is 3.63. The molecule has 2 heterocycles. The number of hydrogen-bond donors (Lipinski definition) is 2. The summed E-state index contributed by atoms with van der Waals surface area (Å²) in [5.74, 6) is 0.124. The van der Waals surface area contributed by atoms with Crippen molar-refractivity contribution in [2.24, 2.45) is 0 Å². The lowest BCUT2D eigenvalue weighted by atomic mass is 10.1. The van der Waals surface area contributed by atoms with E-state index in [2.05, 4.69) is 15.3 Å². The highest BCUT2D eigenvalue weighted by Gasteiger charge is 2.27. The minimum absolute atomic E-state index is 0.0456. The maximum absolute atomic E-state index is 11.4. The molecule has 0 radical (unpaired) electrons. The highest BCUT2D eigenvalue weighted by molar-refractivity contribution is 7.91. The zero-order valence-electron chi connectivity index (χ0n) is 10.9. The van der Waals surface area contributed by atoms with Crippen LogP contribution >= 0.6 is 0 Å². The van der Waals surface area contributed by atoms with Gasteiger partial charge < -0.3 is 11.1 Å². The molecule has 0 atom stereocenters. The van der Waals surface area contributed by atoms with Gasteiger partial charge in [0.2, 0.25) is 11.8 Å². The lowest BCUT2D eigenvalue weighted by Gasteiger charge is -2.23. The number of aromatic nitrogens is 2. The van der Waals surface area contributed by atoms with Crippen molar-refractivity contribution in [1.82, 2.24) is 9.97 Å². The molecule has 0 bridgehead atoms. The Hall–Kier alpha value is -1.97. The number of rotatable bonds is 3. The first-order valence-electron chi connectivity index (χ1n) is 6.04. The lowest BCUT2D eigenvalue weighted by molar-refractivity contribution is -0.385. The summed E-state index contributed by atoms with van der Waals surface area (Å²) in [7, 11) is -2.98. The standard InChI is InChI=1S/C10H15N5O4S/c1-6-8(15(16)17)9(14-10(11)12-6)13-7-2-4-20(18,19)5-3-7/h7H,2-5H2,1H3,(H3,11,12,13,14). The first kappa shape index (κ1) is 14.4. The molecular weight excluding hydrogens is 286 g/mol. The molecule has 1 aromatic heterocycles. The Bertz CT molecular complexity index is 631. The molecule has 0 amide bonds. The molecule has 0 unspecified atom stereocenters. The van der Waals surface area contributed by atoms with Gasteiger partial charge in [-0.05, 0) is 19.8 Å². The van der Waals surface area contributed by atoms with Crippen LogP contribution < -0.4 is 11.1 Å². The number of hydrogen-bond acceptors (Lipinski definition) is 8. The molecule has 1 saturated heterocycles. The first-order chi connectivity index (χ1) is 9.28. The van der Waals surface area contributed by atoms with Gasteiger partial charge in [-0.15, -0.1) is 0 Å². The van der Waals surface area contributed by atoms with Gasteiger partial charge >= 0.3 is 5.69 Å². The van der Waals surface area contributed by atoms with Crippen molar-refractivity contribution in [1.29, 1.82) is 0 Å². The van der Waals surface area contributed by atoms with E-state index in [1.54, 1.807) is 0 Å². The summed E-state index contributed by atoms with van der Waals surface area (Å²) in [5, 5.41) is 14.0. The Morgan fingerprint density at radius 1 is 1.35 bits per heavy atom. The molecule has 1 aliphatic heterocycles. The van der Waals surface area contributed by atoms with Crippen LogP contribution in [0.2, 0.25) is 0 Å². The molecule has 20 heavy (non-hydrogen) atoms. The van der Waals surface area contributed by atoms with Crippen molar-refractivity contribution in [3.05, 3.63) is 15.8 Å². The average Bonchev–Trinajstić information content (AvgIpc) is 2.30. The van der Waals surface area contributed by atoms with Gasteiger partial charge in [-0.2, -0.15) is 4.98 Å². The molecule has 0 aromatic carbocycles. The Morgan fingerprint density at radius 3 is 2.50 bits per heavy atom. The average molecular weight is 301 g/mol. The number of nitro groups is 1. The Labute approximate surface area is 115 Å². The number of nitrogen functional groups attached to an aromatic ring is 1. The molecule has 1 aliphatic rings. The van der Waals surface area contributed by atoms with E-state index in [1.165, 1.54) is 6.92 Å². The number of anilines is 2. The molecule has 0 saturated carbocycles. The molecule has 1 fully saturated rings. The van der Waals surface area contributed by atoms with Crippen molar-refractivity contribution >= 4 is 27.3 Å². The largest absolute Gasteiger partial charge is 0.368 e. The summed E-state index contributed by atoms with van der Waals surface area (Å²) >= 11 is 0. The molecule has 1 aromatic rings. The first-order valence-corrected chi connectivity index (χ1v) is 7.86. The van der Waals surface area contributed by atoms with Crippen LogP contribution in [0.25, 0.3) is 0 Å². The smallest absolute Gasteiger partial charge is 0.332 e. The molecule has 0 spiro atoms. The van der Waals surface area contributed by atoms with Gasteiger partial charge in [-0.3, -0.25) is 10.1 Å². The predicted molar refractivity (Wildman–Crippen MR) is 73.1 cm³/mol. The van der Waals surface area contributed by atoms with E-state index in [0.717, 1.165) is 0 Å². The number of nitrogens with one attached hydrogen (secondary N) is 1. The predicted octanol–water partition coefficient (Wildman–Crippen LogP) is 0.265. The summed E-state index contributed by atoms with van der Waals surface area (Å²) in [6.45, 7) is 1.48. The Morgan fingerprint density at radius 2 is 1.95 bits per heavy atom. The third kappa shape index (κ3) is 3.13. The summed E-state index contributed by atoms with van der Waals surface area (Å²) < 4.78 is 22.7. The quantitative estimate of drug-likeness (QED) is 0.598. The number of nitrogens with two attached hydrogens (primary N) is 1. The Balaban J connectivity index is 2.23. The molecule has 10 heteroatoms. The minimum Gasteiger partial charge on any atom is -0.368 e. The zero-order valence-corrected chi connectivity index (χ0v) is 11.7. The monoisotopic (exact) mass is 301 g/mol. The molecule has 3 N–H and O–H groups in total. The van der Waals surface area contributed by atoms with Crippen LogP contribution in [-0.4, -0.2) is 40.9 Å². The molecule has 2 rings (SSSR count). The van der Waals surface area contributed by atoms with Crippen molar-refractivity contribution in [2.45, 2.75) is 25.8 Å². The molecule has 9 nitrogen and oxygen atoms in total. The number of aryl methyl sites for hydroxylation is 1. The van der Waals surface area contributed by atoms with Gasteiger partial charge in [0.15, 0.2) is 0 Å². The second kappa shape index (κ2) is 5.19. The summed E-state index contributed by atoms with van der Waals surface area (Å²) in [4.78, 5) is 18.1. The number of nitrogens with zero attached hydrogens (tertiary/aromatic N) is 3. The molecule has 0 aliphatic carbocycles. The van der Waals surface area contributed by atoms with Crippen molar-refractivity contribution in [2.75, 3.05) is 22.6 Å². The SMILES string of the molecule is Cc1nc(N)nc(NC2CCS(=O)(=O)CC2)c1[N+](=O)[O-]. The third-order valence-electron chi connectivity index (χ3n) is 3.15. The zero-order chi connectivity index (χ0) is 14.9. The second-order valence-corrected chi connectivity index (χ2v) is 7.00. The second-order valence-electron chi connectivity index (χ2n) is 4.69. The fourth-order valence-electron chi connectivity index (χ4n) is 2.14.